The van der Waals surface area contributed by atoms with E-state index >= 15 is 0 Å². The first-order valence-corrected chi connectivity index (χ1v) is 14.4. The van der Waals surface area contributed by atoms with Gasteiger partial charge in [-0.25, -0.2) is 0 Å². The first-order valence-electron chi connectivity index (χ1n) is 11.0. The molecule has 0 amide bonds. The third-order valence-corrected chi connectivity index (χ3v) is 6.28. The Labute approximate surface area is 159 Å². The Kier molecular flexibility index (Phi) is 12.3. The second kappa shape index (κ2) is 13.7. The van der Waals surface area contributed by atoms with Crippen LogP contribution in [0.5, 0.6) is 0 Å². The van der Waals surface area contributed by atoms with Crippen molar-refractivity contribution >= 4 is 8.32 Å². The number of rotatable bonds is 14. The van der Waals surface area contributed by atoms with Gasteiger partial charge in [-0.1, -0.05) is 83.3 Å². The van der Waals surface area contributed by atoms with Gasteiger partial charge in [0.05, 0.1) is 6.26 Å². The van der Waals surface area contributed by atoms with Crippen molar-refractivity contribution in [2.24, 2.45) is 11.8 Å². The van der Waals surface area contributed by atoms with E-state index in [0.29, 0.717) is 0 Å². The lowest BCUT2D eigenvalue weighted by atomic mass is 9.87. The minimum atomic E-state index is -1.40. The van der Waals surface area contributed by atoms with Gasteiger partial charge in [0.15, 0.2) is 0 Å². The zero-order valence-corrected chi connectivity index (χ0v) is 18.6. The fourth-order valence-corrected chi connectivity index (χ4v) is 4.51. The van der Waals surface area contributed by atoms with Gasteiger partial charge in [0.25, 0.3) is 0 Å². The molecule has 0 aromatic carbocycles. The van der Waals surface area contributed by atoms with Crippen LogP contribution in [0.25, 0.3) is 0 Å². The largest absolute Gasteiger partial charge is 0.550 e. The average Bonchev–Trinajstić information content (AvgIpc) is 2.99. The van der Waals surface area contributed by atoms with Crippen LogP contribution in [0.1, 0.15) is 90.4 Å². The molecule has 0 aromatic rings. The van der Waals surface area contributed by atoms with Crippen LogP contribution in [0.3, 0.4) is 0 Å². The van der Waals surface area contributed by atoms with E-state index < -0.39 is 8.32 Å². The maximum Gasteiger partial charge on any atom is 0.241 e. The first kappa shape index (κ1) is 22.5. The zero-order chi connectivity index (χ0) is 18.4. The second-order valence-electron chi connectivity index (χ2n) is 8.93. The van der Waals surface area contributed by atoms with E-state index in [1.807, 2.05) is 6.26 Å². The van der Waals surface area contributed by atoms with Crippen molar-refractivity contribution in [2.75, 3.05) is 0 Å². The minimum Gasteiger partial charge on any atom is -0.550 e. The van der Waals surface area contributed by atoms with Crippen LogP contribution < -0.4 is 0 Å². The molecule has 1 aliphatic rings. The molecule has 1 nitrogen and oxygen atoms in total. The van der Waals surface area contributed by atoms with Crippen molar-refractivity contribution in [1.82, 2.24) is 0 Å². The maximum absolute atomic E-state index is 5.71. The molecule has 0 saturated heterocycles. The predicted molar refractivity (Wildman–Crippen MR) is 115 cm³/mol. The first-order chi connectivity index (χ1) is 12.0. The van der Waals surface area contributed by atoms with Crippen LogP contribution >= 0.6 is 0 Å². The van der Waals surface area contributed by atoms with Gasteiger partial charge in [-0.05, 0) is 56.8 Å². The maximum atomic E-state index is 5.71. The van der Waals surface area contributed by atoms with E-state index in [9.17, 15) is 0 Å². The molecule has 0 aromatic heterocycles. The second-order valence-corrected chi connectivity index (χ2v) is 13.4. The van der Waals surface area contributed by atoms with Gasteiger partial charge in [0.2, 0.25) is 8.32 Å². The highest BCUT2D eigenvalue weighted by molar-refractivity contribution is 6.69. The third-order valence-electron chi connectivity index (χ3n) is 5.44. The zero-order valence-electron chi connectivity index (χ0n) is 17.6. The van der Waals surface area contributed by atoms with Crippen LogP contribution in [0.4, 0.5) is 0 Å². The molecule has 0 bridgehead atoms. The molecular formula is C23H44OSi. The van der Waals surface area contributed by atoms with Crippen LogP contribution in [0.15, 0.2) is 24.5 Å². The summed E-state index contributed by atoms with van der Waals surface area (Å²) in [6, 6.07) is 0. The van der Waals surface area contributed by atoms with Gasteiger partial charge >= 0.3 is 0 Å². The molecule has 0 unspecified atom stereocenters. The predicted octanol–water partition coefficient (Wildman–Crippen LogP) is 8.25. The van der Waals surface area contributed by atoms with Crippen molar-refractivity contribution in [2.45, 2.75) is 110 Å². The SMILES string of the molecule is CCCCCCCC[C@H]1CCC[C@@H]1CCCC=CC=CO[Si](C)(C)C. The summed E-state index contributed by atoms with van der Waals surface area (Å²) in [5.41, 5.74) is 0. The molecule has 1 aliphatic carbocycles. The van der Waals surface area contributed by atoms with Gasteiger partial charge in [-0.2, -0.15) is 0 Å². The molecule has 2 heteroatoms. The summed E-state index contributed by atoms with van der Waals surface area (Å²) in [6.07, 6.45) is 27.1. The quantitative estimate of drug-likeness (QED) is 0.130. The van der Waals surface area contributed by atoms with E-state index in [1.54, 1.807) is 0 Å². The van der Waals surface area contributed by atoms with Crippen LogP contribution in [-0.4, -0.2) is 8.32 Å². The summed E-state index contributed by atoms with van der Waals surface area (Å²) in [5, 5.41) is 0. The highest BCUT2D eigenvalue weighted by Gasteiger charge is 2.25. The number of allylic oxidation sites excluding steroid dienone is 3. The summed E-state index contributed by atoms with van der Waals surface area (Å²) in [5.74, 6) is 2.06. The Morgan fingerprint density at radius 1 is 0.840 bits per heavy atom. The molecule has 0 spiro atoms. The Morgan fingerprint density at radius 3 is 2.16 bits per heavy atom. The minimum absolute atomic E-state index is 1.02. The molecule has 1 rings (SSSR count). The molecule has 0 aliphatic heterocycles. The molecule has 146 valence electrons. The van der Waals surface area contributed by atoms with Crippen LogP contribution in [0, 0.1) is 11.8 Å². The smallest absolute Gasteiger partial charge is 0.241 e. The standard InChI is InChI=1S/C23H44OSi/c1-5-6-7-8-10-13-17-22-19-16-20-23(22)18-14-11-9-12-15-21-24-25(2,3)4/h9,12,15,21-23H,5-8,10-11,13-14,16-20H2,1-4H3/t22-,23-/m0/s1. The van der Waals surface area contributed by atoms with Crippen molar-refractivity contribution in [1.29, 1.82) is 0 Å². The Balaban J connectivity index is 2.07. The lowest BCUT2D eigenvalue weighted by Crippen LogP contribution is -2.21. The van der Waals surface area contributed by atoms with E-state index in [0.717, 1.165) is 11.8 Å². The lowest BCUT2D eigenvalue weighted by molar-refractivity contribution is 0.327. The Bertz CT molecular complexity index is 367. The van der Waals surface area contributed by atoms with Crippen molar-refractivity contribution < 1.29 is 4.43 Å². The van der Waals surface area contributed by atoms with Crippen LogP contribution in [0.2, 0.25) is 19.6 Å². The number of hydrogen-bond acceptors (Lipinski definition) is 1. The number of unbranched alkanes of at least 4 members (excludes halogenated alkanes) is 6. The van der Waals surface area contributed by atoms with Crippen molar-refractivity contribution in [3.05, 3.63) is 24.5 Å². The van der Waals surface area contributed by atoms with Gasteiger partial charge < -0.3 is 4.43 Å². The Morgan fingerprint density at radius 2 is 1.48 bits per heavy atom. The van der Waals surface area contributed by atoms with E-state index in [-0.39, 0.29) is 0 Å². The molecule has 0 heterocycles. The highest BCUT2D eigenvalue weighted by Crippen LogP contribution is 2.38. The molecule has 1 fully saturated rings. The van der Waals surface area contributed by atoms with Gasteiger partial charge in [-0.3, -0.25) is 0 Å². The topological polar surface area (TPSA) is 9.23 Å². The summed E-state index contributed by atoms with van der Waals surface area (Å²) in [7, 11) is -1.40. The molecule has 0 N–H and O–H groups in total. The average molecular weight is 365 g/mol. The molecule has 2 atom stereocenters. The summed E-state index contributed by atoms with van der Waals surface area (Å²) < 4.78 is 5.71. The monoisotopic (exact) mass is 364 g/mol. The van der Waals surface area contributed by atoms with Crippen molar-refractivity contribution in [3.8, 4) is 0 Å². The molecule has 25 heavy (non-hydrogen) atoms. The van der Waals surface area contributed by atoms with E-state index in [4.69, 9.17) is 4.43 Å². The molecular weight excluding hydrogens is 320 g/mol. The third kappa shape index (κ3) is 12.5. The fraction of sp³-hybridized carbons (Fsp3) is 0.826. The fourth-order valence-electron chi connectivity index (χ4n) is 4.02. The molecule has 1 saturated carbocycles. The summed E-state index contributed by atoms with van der Waals surface area (Å²) in [4.78, 5) is 0. The van der Waals surface area contributed by atoms with Gasteiger partial charge in [0, 0.05) is 0 Å². The summed E-state index contributed by atoms with van der Waals surface area (Å²) >= 11 is 0. The lowest BCUT2D eigenvalue weighted by Gasteiger charge is -2.19. The normalized spacial score (nSPS) is 21.6. The Hall–Kier alpha value is -0.503. The molecule has 0 radical (unpaired) electrons. The van der Waals surface area contributed by atoms with E-state index in [2.05, 4.69) is 44.8 Å². The van der Waals surface area contributed by atoms with Gasteiger partial charge in [-0.15, -0.1) is 0 Å². The highest BCUT2D eigenvalue weighted by atomic mass is 28.4. The number of hydrogen-bond donors (Lipinski definition) is 0. The summed E-state index contributed by atoms with van der Waals surface area (Å²) in [6.45, 7) is 8.94. The van der Waals surface area contributed by atoms with Crippen molar-refractivity contribution in [3.63, 3.8) is 0 Å². The van der Waals surface area contributed by atoms with Crippen LogP contribution in [-0.2, 0) is 4.43 Å². The van der Waals surface area contributed by atoms with E-state index in [1.165, 1.54) is 83.5 Å². The van der Waals surface area contributed by atoms with Gasteiger partial charge in [0.1, 0.15) is 0 Å².